The van der Waals surface area contributed by atoms with Crippen LogP contribution in [0.25, 0.3) is 0 Å². The van der Waals surface area contributed by atoms with Crippen molar-refractivity contribution >= 4 is 17.3 Å². The van der Waals surface area contributed by atoms with Crippen molar-refractivity contribution in [2.24, 2.45) is 0 Å². The van der Waals surface area contributed by atoms with Gasteiger partial charge in [-0.05, 0) is 56.8 Å². The molecule has 0 aromatic heterocycles. The highest BCUT2D eigenvalue weighted by atomic mass is 35.5. The lowest BCUT2D eigenvalue weighted by atomic mass is 10.1. The predicted octanol–water partition coefficient (Wildman–Crippen LogP) is 5.17. The van der Waals surface area contributed by atoms with Crippen LogP contribution in [0.3, 0.4) is 0 Å². The molecule has 1 atom stereocenters. The average Bonchev–Trinajstić information content (AvgIpc) is 3.31. The first kappa shape index (κ1) is 16.6. The van der Waals surface area contributed by atoms with E-state index in [0.29, 0.717) is 6.04 Å². The van der Waals surface area contributed by atoms with E-state index in [1.165, 1.54) is 36.9 Å². The molecule has 0 bridgehead atoms. The molecular weight excluding hydrogens is 280 g/mol. The fourth-order valence-corrected chi connectivity index (χ4v) is 3.02. The monoisotopic (exact) mass is 308 g/mol. The fraction of sp³-hybridized carbons (Fsp3) is 0.667. The van der Waals surface area contributed by atoms with E-state index in [2.05, 4.69) is 49.2 Å². The number of rotatable bonds is 9. The van der Waals surface area contributed by atoms with Crippen LogP contribution in [0.15, 0.2) is 18.2 Å². The van der Waals surface area contributed by atoms with Crippen LogP contribution in [0.4, 0.5) is 5.69 Å². The number of nitrogens with one attached hydrogen (secondary N) is 1. The molecule has 1 aliphatic carbocycles. The molecule has 0 radical (unpaired) electrons. The van der Waals surface area contributed by atoms with E-state index in [1.807, 2.05) is 0 Å². The molecule has 1 aromatic carbocycles. The van der Waals surface area contributed by atoms with Crippen molar-refractivity contribution in [2.75, 3.05) is 18.0 Å². The van der Waals surface area contributed by atoms with Crippen molar-refractivity contribution in [1.82, 2.24) is 5.32 Å². The van der Waals surface area contributed by atoms with Gasteiger partial charge in [0.15, 0.2) is 0 Å². The van der Waals surface area contributed by atoms with E-state index >= 15 is 0 Å². The number of hydrogen-bond acceptors (Lipinski definition) is 2. The number of halogens is 1. The Hall–Kier alpha value is -0.730. The van der Waals surface area contributed by atoms with E-state index in [9.17, 15) is 0 Å². The molecule has 1 aliphatic rings. The number of hydrogen-bond donors (Lipinski definition) is 1. The zero-order chi connectivity index (χ0) is 15.2. The Morgan fingerprint density at radius 1 is 1.29 bits per heavy atom. The third-order valence-corrected chi connectivity index (χ3v) is 4.52. The highest BCUT2D eigenvalue weighted by molar-refractivity contribution is 6.33. The second-order valence-electron chi connectivity index (χ2n) is 6.16. The second kappa shape index (κ2) is 8.05. The summed E-state index contributed by atoms with van der Waals surface area (Å²) in [5.74, 6) is 0. The van der Waals surface area contributed by atoms with Gasteiger partial charge in [0, 0.05) is 18.6 Å². The van der Waals surface area contributed by atoms with Gasteiger partial charge in [-0.1, -0.05) is 37.9 Å². The Balaban J connectivity index is 2.09. The first-order valence-electron chi connectivity index (χ1n) is 8.46. The molecule has 0 amide bonds. The molecule has 0 heterocycles. The van der Waals surface area contributed by atoms with Gasteiger partial charge >= 0.3 is 0 Å². The van der Waals surface area contributed by atoms with Gasteiger partial charge in [-0.15, -0.1) is 0 Å². The van der Waals surface area contributed by atoms with Crippen molar-refractivity contribution in [3.8, 4) is 0 Å². The van der Waals surface area contributed by atoms with Gasteiger partial charge in [-0.25, -0.2) is 0 Å². The predicted molar refractivity (Wildman–Crippen MR) is 93.4 cm³/mol. The van der Waals surface area contributed by atoms with Gasteiger partial charge in [-0.3, -0.25) is 0 Å². The first-order valence-corrected chi connectivity index (χ1v) is 8.84. The second-order valence-corrected chi connectivity index (χ2v) is 6.57. The summed E-state index contributed by atoms with van der Waals surface area (Å²) < 4.78 is 0. The van der Waals surface area contributed by atoms with E-state index in [0.717, 1.165) is 30.6 Å². The maximum absolute atomic E-state index is 6.58. The summed E-state index contributed by atoms with van der Waals surface area (Å²) in [4.78, 5) is 2.51. The summed E-state index contributed by atoms with van der Waals surface area (Å²) in [6, 6.07) is 7.68. The molecule has 0 aliphatic heterocycles. The van der Waals surface area contributed by atoms with E-state index < -0.39 is 0 Å². The van der Waals surface area contributed by atoms with Gasteiger partial charge < -0.3 is 10.2 Å². The van der Waals surface area contributed by atoms with Crippen LogP contribution in [0, 0.1) is 0 Å². The summed E-state index contributed by atoms with van der Waals surface area (Å²) >= 11 is 6.58. The summed E-state index contributed by atoms with van der Waals surface area (Å²) in [5.41, 5.74) is 2.50. The summed E-state index contributed by atoms with van der Waals surface area (Å²) in [6.07, 6.45) is 6.26. The number of anilines is 1. The zero-order valence-corrected chi connectivity index (χ0v) is 14.4. The lowest BCUT2D eigenvalue weighted by Crippen LogP contribution is -2.27. The van der Waals surface area contributed by atoms with Crippen LogP contribution in [0.2, 0.25) is 5.02 Å². The van der Waals surface area contributed by atoms with Crippen molar-refractivity contribution in [2.45, 2.75) is 65.0 Å². The van der Waals surface area contributed by atoms with Crippen LogP contribution in [0.5, 0.6) is 0 Å². The molecule has 1 unspecified atom stereocenters. The zero-order valence-electron chi connectivity index (χ0n) is 13.7. The highest BCUT2D eigenvalue weighted by Gasteiger charge is 2.29. The highest BCUT2D eigenvalue weighted by Crippen LogP contribution is 2.37. The molecule has 2 rings (SSSR count). The third kappa shape index (κ3) is 4.62. The van der Waals surface area contributed by atoms with Gasteiger partial charge in [0.2, 0.25) is 0 Å². The van der Waals surface area contributed by atoms with E-state index in [1.54, 1.807) is 0 Å². The molecule has 1 aromatic rings. The molecule has 0 saturated heterocycles. The molecule has 2 nitrogen and oxygen atoms in total. The van der Waals surface area contributed by atoms with Crippen LogP contribution >= 0.6 is 11.6 Å². The maximum atomic E-state index is 6.58. The molecular formula is C18H29ClN2. The van der Waals surface area contributed by atoms with Gasteiger partial charge in [0.25, 0.3) is 0 Å². The van der Waals surface area contributed by atoms with E-state index in [-0.39, 0.29) is 0 Å². The third-order valence-electron chi connectivity index (χ3n) is 4.22. The maximum Gasteiger partial charge on any atom is 0.0642 e. The normalized spacial score (nSPS) is 16.0. The molecule has 1 fully saturated rings. The van der Waals surface area contributed by atoms with Gasteiger partial charge in [0.1, 0.15) is 0 Å². The average molecular weight is 309 g/mol. The molecule has 118 valence electrons. The first-order chi connectivity index (χ1) is 10.2. The minimum atomic E-state index is 0.363. The van der Waals surface area contributed by atoms with Gasteiger partial charge in [0.05, 0.1) is 10.7 Å². The Kier molecular flexibility index (Phi) is 6.38. The lowest BCUT2D eigenvalue weighted by molar-refractivity contribution is 0.570. The van der Waals surface area contributed by atoms with Crippen LogP contribution in [-0.4, -0.2) is 19.1 Å². The molecule has 1 saturated carbocycles. The standard InChI is InChI=1S/C18H29ClN2/c1-4-6-12-21(16-8-9-16)18-10-7-15(13-17(18)19)14(3)20-11-5-2/h7,10,13-14,16,20H,4-6,8-9,11-12H2,1-3H3. The topological polar surface area (TPSA) is 15.3 Å². The lowest BCUT2D eigenvalue weighted by Gasteiger charge is -2.26. The largest absolute Gasteiger partial charge is 0.367 e. The Morgan fingerprint density at radius 2 is 2.05 bits per heavy atom. The van der Waals surface area contributed by atoms with Crippen molar-refractivity contribution in [1.29, 1.82) is 0 Å². The van der Waals surface area contributed by atoms with Crippen LogP contribution in [-0.2, 0) is 0 Å². The number of benzene rings is 1. The summed E-state index contributed by atoms with van der Waals surface area (Å²) in [7, 11) is 0. The summed E-state index contributed by atoms with van der Waals surface area (Å²) in [5, 5.41) is 4.43. The van der Waals surface area contributed by atoms with Crippen LogP contribution < -0.4 is 10.2 Å². The SMILES string of the molecule is CCCCN(c1ccc(C(C)NCCC)cc1Cl)C1CC1. The molecule has 3 heteroatoms. The molecule has 1 N–H and O–H groups in total. The smallest absolute Gasteiger partial charge is 0.0642 e. The minimum Gasteiger partial charge on any atom is -0.367 e. The Bertz CT molecular complexity index is 443. The Morgan fingerprint density at radius 3 is 2.62 bits per heavy atom. The van der Waals surface area contributed by atoms with Crippen LogP contribution in [0.1, 0.15) is 64.5 Å². The number of unbranched alkanes of at least 4 members (excludes halogenated alkanes) is 1. The molecule has 21 heavy (non-hydrogen) atoms. The van der Waals surface area contributed by atoms with Crippen molar-refractivity contribution in [3.05, 3.63) is 28.8 Å². The fourth-order valence-electron chi connectivity index (χ4n) is 2.72. The van der Waals surface area contributed by atoms with Crippen molar-refractivity contribution < 1.29 is 0 Å². The molecule has 0 spiro atoms. The Labute approximate surface area is 134 Å². The minimum absolute atomic E-state index is 0.363. The van der Waals surface area contributed by atoms with Crippen molar-refractivity contribution in [3.63, 3.8) is 0 Å². The van der Waals surface area contributed by atoms with E-state index in [4.69, 9.17) is 11.6 Å². The number of nitrogens with zero attached hydrogens (tertiary/aromatic N) is 1. The summed E-state index contributed by atoms with van der Waals surface area (Å²) in [6.45, 7) is 8.82. The quantitative estimate of drug-likeness (QED) is 0.677. The van der Waals surface area contributed by atoms with Gasteiger partial charge in [-0.2, -0.15) is 0 Å².